The van der Waals surface area contributed by atoms with Crippen LogP contribution in [0, 0.1) is 5.92 Å². The number of hydrogen-bond donors (Lipinski definition) is 1. The topological polar surface area (TPSA) is 63.1 Å². The van der Waals surface area contributed by atoms with Crippen molar-refractivity contribution >= 4 is 5.91 Å². The van der Waals surface area contributed by atoms with Crippen LogP contribution in [-0.4, -0.2) is 45.4 Å². The van der Waals surface area contributed by atoms with Gasteiger partial charge in [-0.25, -0.2) is 4.68 Å². The molecular weight excluding hydrogens is 254 g/mol. The molecule has 6 heteroatoms. The van der Waals surface area contributed by atoms with Gasteiger partial charge in [0.15, 0.2) is 0 Å². The highest BCUT2D eigenvalue weighted by molar-refractivity contribution is 5.76. The Morgan fingerprint density at radius 2 is 2.40 bits per heavy atom. The van der Waals surface area contributed by atoms with E-state index in [1.165, 1.54) is 6.42 Å². The maximum atomic E-state index is 12.2. The van der Waals surface area contributed by atoms with Gasteiger partial charge in [0.2, 0.25) is 5.91 Å². The van der Waals surface area contributed by atoms with Crippen molar-refractivity contribution in [3.8, 4) is 0 Å². The van der Waals surface area contributed by atoms with Gasteiger partial charge in [0.1, 0.15) is 6.54 Å². The number of carbonyl (C=O) groups excluding carboxylic acids is 1. The van der Waals surface area contributed by atoms with Crippen molar-refractivity contribution < 1.29 is 4.79 Å². The monoisotopic (exact) mass is 279 g/mol. The summed E-state index contributed by atoms with van der Waals surface area (Å²) in [6.45, 7) is 8.06. The van der Waals surface area contributed by atoms with Crippen LogP contribution in [0.3, 0.4) is 0 Å². The molecule has 0 radical (unpaired) electrons. The Labute approximate surface area is 120 Å². The second-order valence-electron chi connectivity index (χ2n) is 5.67. The zero-order valence-electron chi connectivity index (χ0n) is 12.5. The Morgan fingerprint density at radius 1 is 1.55 bits per heavy atom. The van der Waals surface area contributed by atoms with E-state index in [2.05, 4.69) is 29.5 Å². The van der Waals surface area contributed by atoms with E-state index in [4.69, 9.17) is 0 Å². The molecule has 1 fully saturated rings. The Hall–Kier alpha value is -1.43. The van der Waals surface area contributed by atoms with E-state index in [1.54, 1.807) is 4.68 Å². The van der Waals surface area contributed by atoms with Crippen LogP contribution in [0.15, 0.2) is 6.20 Å². The number of hydrogen-bond acceptors (Lipinski definition) is 4. The average molecular weight is 279 g/mol. The number of amides is 1. The van der Waals surface area contributed by atoms with Crippen molar-refractivity contribution in [2.75, 3.05) is 19.6 Å². The van der Waals surface area contributed by atoms with E-state index in [0.29, 0.717) is 19.0 Å². The zero-order chi connectivity index (χ0) is 14.4. The standard InChI is InChI=1S/C14H25N5O/c1-3-6-15-8-13-10-19(17-16-13)11-14(20)18-7-4-5-12(2)9-18/h10,12,15H,3-9,11H2,1-2H3. The van der Waals surface area contributed by atoms with E-state index >= 15 is 0 Å². The number of aromatic nitrogens is 3. The van der Waals surface area contributed by atoms with Crippen molar-refractivity contribution in [2.24, 2.45) is 5.92 Å². The molecule has 1 N–H and O–H groups in total. The fourth-order valence-electron chi connectivity index (χ4n) is 2.54. The molecule has 0 spiro atoms. The van der Waals surface area contributed by atoms with Gasteiger partial charge in [0.25, 0.3) is 0 Å². The lowest BCUT2D eigenvalue weighted by molar-refractivity contribution is -0.133. The third-order valence-electron chi connectivity index (χ3n) is 3.63. The van der Waals surface area contributed by atoms with E-state index in [0.717, 1.165) is 38.2 Å². The molecule has 112 valence electrons. The third kappa shape index (κ3) is 4.30. The van der Waals surface area contributed by atoms with Crippen LogP contribution in [0.2, 0.25) is 0 Å². The maximum Gasteiger partial charge on any atom is 0.244 e. The Balaban J connectivity index is 1.81. The first-order valence-corrected chi connectivity index (χ1v) is 7.56. The molecule has 20 heavy (non-hydrogen) atoms. The lowest BCUT2D eigenvalue weighted by Crippen LogP contribution is -2.40. The van der Waals surface area contributed by atoms with Crippen molar-refractivity contribution in [2.45, 2.75) is 46.2 Å². The van der Waals surface area contributed by atoms with Gasteiger partial charge in [0, 0.05) is 19.6 Å². The first-order chi connectivity index (χ1) is 9.69. The predicted molar refractivity (Wildman–Crippen MR) is 77.0 cm³/mol. The summed E-state index contributed by atoms with van der Waals surface area (Å²) < 4.78 is 1.64. The molecule has 1 aliphatic heterocycles. The van der Waals surface area contributed by atoms with Gasteiger partial charge in [-0.15, -0.1) is 5.10 Å². The number of nitrogens with one attached hydrogen (secondary N) is 1. The molecule has 1 atom stereocenters. The molecule has 0 aromatic carbocycles. The molecule has 2 rings (SSSR count). The minimum Gasteiger partial charge on any atom is -0.341 e. The summed E-state index contributed by atoms with van der Waals surface area (Å²) in [6, 6.07) is 0. The summed E-state index contributed by atoms with van der Waals surface area (Å²) in [5, 5.41) is 11.4. The second-order valence-corrected chi connectivity index (χ2v) is 5.67. The third-order valence-corrected chi connectivity index (χ3v) is 3.63. The highest BCUT2D eigenvalue weighted by Gasteiger charge is 2.21. The summed E-state index contributed by atoms with van der Waals surface area (Å²) in [5.41, 5.74) is 0.887. The average Bonchev–Trinajstić information content (AvgIpc) is 2.86. The second kappa shape index (κ2) is 7.38. The normalized spacial score (nSPS) is 19.3. The smallest absolute Gasteiger partial charge is 0.244 e. The first-order valence-electron chi connectivity index (χ1n) is 7.56. The fraction of sp³-hybridized carbons (Fsp3) is 0.786. The lowest BCUT2D eigenvalue weighted by Gasteiger charge is -2.30. The van der Waals surface area contributed by atoms with Gasteiger partial charge >= 0.3 is 0 Å². The van der Waals surface area contributed by atoms with Gasteiger partial charge in [-0.1, -0.05) is 19.1 Å². The Kier molecular flexibility index (Phi) is 5.52. The van der Waals surface area contributed by atoms with E-state index < -0.39 is 0 Å². The quantitative estimate of drug-likeness (QED) is 0.790. The summed E-state index contributed by atoms with van der Waals surface area (Å²) in [5.74, 6) is 0.756. The summed E-state index contributed by atoms with van der Waals surface area (Å²) in [4.78, 5) is 14.2. The van der Waals surface area contributed by atoms with Crippen LogP contribution >= 0.6 is 0 Å². The van der Waals surface area contributed by atoms with Gasteiger partial charge < -0.3 is 10.2 Å². The fourth-order valence-corrected chi connectivity index (χ4v) is 2.54. The summed E-state index contributed by atoms with van der Waals surface area (Å²) in [6.07, 6.45) is 5.28. The van der Waals surface area contributed by atoms with Crippen molar-refractivity contribution in [1.29, 1.82) is 0 Å². The van der Waals surface area contributed by atoms with Crippen LogP contribution in [-0.2, 0) is 17.9 Å². The van der Waals surface area contributed by atoms with Gasteiger partial charge in [-0.2, -0.15) is 0 Å². The molecule has 1 aliphatic rings. The molecule has 1 saturated heterocycles. The van der Waals surface area contributed by atoms with Crippen LogP contribution in [0.4, 0.5) is 0 Å². The van der Waals surface area contributed by atoms with Gasteiger partial charge in [-0.3, -0.25) is 4.79 Å². The first kappa shape index (κ1) is 15.0. The van der Waals surface area contributed by atoms with Gasteiger partial charge in [-0.05, 0) is 31.7 Å². The molecule has 0 bridgehead atoms. The van der Waals surface area contributed by atoms with E-state index in [9.17, 15) is 4.79 Å². The summed E-state index contributed by atoms with van der Waals surface area (Å²) in [7, 11) is 0. The van der Waals surface area contributed by atoms with Crippen LogP contribution < -0.4 is 5.32 Å². The number of rotatable bonds is 6. The van der Waals surface area contributed by atoms with Gasteiger partial charge in [0.05, 0.1) is 11.9 Å². The van der Waals surface area contributed by atoms with E-state index in [1.807, 2.05) is 11.1 Å². The number of nitrogens with zero attached hydrogens (tertiary/aromatic N) is 4. The Bertz CT molecular complexity index is 431. The minimum atomic E-state index is 0.148. The predicted octanol–water partition coefficient (Wildman–Crippen LogP) is 1.04. The number of likely N-dealkylation sites (tertiary alicyclic amines) is 1. The van der Waals surface area contributed by atoms with Crippen molar-refractivity contribution in [3.05, 3.63) is 11.9 Å². The van der Waals surface area contributed by atoms with Crippen LogP contribution in [0.5, 0.6) is 0 Å². The molecule has 0 aliphatic carbocycles. The molecular formula is C14H25N5O. The molecule has 2 heterocycles. The molecule has 0 saturated carbocycles. The summed E-state index contributed by atoms with van der Waals surface area (Å²) >= 11 is 0. The lowest BCUT2D eigenvalue weighted by atomic mass is 10.0. The molecule has 1 aromatic rings. The number of carbonyl (C=O) groups is 1. The number of piperidine rings is 1. The molecule has 1 amide bonds. The zero-order valence-corrected chi connectivity index (χ0v) is 12.5. The van der Waals surface area contributed by atoms with Crippen LogP contribution in [0.1, 0.15) is 38.8 Å². The molecule has 1 unspecified atom stereocenters. The Morgan fingerprint density at radius 3 is 3.15 bits per heavy atom. The highest BCUT2D eigenvalue weighted by atomic mass is 16.2. The molecule has 1 aromatic heterocycles. The molecule has 6 nitrogen and oxygen atoms in total. The van der Waals surface area contributed by atoms with Crippen molar-refractivity contribution in [3.63, 3.8) is 0 Å². The largest absolute Gasteiger partial charge is 0.341 e. The minimum absolute atomic E-state index is 0.148. The maximum absolute atomic E-state index is 12.2. The highest BCUT2D eigenvalue weighted by Crippen LogP contribution is 2.15. The SMILES string of the molecule is CCCNCc1cn(CC(=O)N2CCCC(C)C2)nn1. The van der Waals surface area contributed by atoms with Crippen LogP contribution in [0.25, 0.3) is 0 Å². The van der Waals surface area contributed by atoms with Crippen molar-refractivity contribution in [1.82, 2.24) is 25.2 Å². The van der Waals surface area contributed by atoms with E-state index in [-0.39, 0.29) is 5.91 Å².